The molecule has 1 aliphatic carbocycles. The molecule has 0 aromatic heterocycles. The highest BCUT2D eigenvalue weighted by atomic mass is 16.7. The van der Waals surface area contributed by atoms with Crippen LogP contribution in [0.1, 0.15) is 113 Å². The van der Waals surface area contributed by atoms with Crippen LogP contribution in [0, 0.1) is 5.92 Å². The maximum Gasteiger partial charge on any atom is 0.184 e. The minimum absolute atomic E-state index is 0.157. The van der Waals surface area contributed by atoms with Crippen molar-refractivity contribution in [2.24, 2.45) is 5.92 Å². The van der Waals surface area contributed by atoms with Gasteiger partial charge in [-0.05, 0) is 48.6 Å². The first kappa shape index (κ1) is 19.9. The van der Waals surface area contributed by atoms with Crippen LogP contribution in [0.3, 0.4) is 0 Å². The molecule has 1 aromatic carbocycles. The lowest BCUT2D eigenvalue weighted by Gasteiger charge is -2.33. The van der Waals surface area contributed by atoms with Crippen molar-refractivity contribution < 1.29 is 9.47 Å². The summed E-state index contributed by atoms with van der Waals surface area (Å²) in [5, 5.41) is 0. The molecule has 26 heavy (non-hydrogen) atoms. The molecular weight excluding hydrogens is 320 g/mol. The van der Waals surface area contributed by atoms with Gasteiger partial charge in [-0.1, -0.05) is 71.1 Å². The van der Waals surface area contributed by atoms with Crippen LogP contribution in [0.25, 0.3) is 0 Å². The van der Waals surface area contributed by atoms with E-state index in [2.05, 4.69) is 39.0 Å². The van der Waals surface area contributed by atoms with Crippen LogP contribution in [0.4, 0.5) is 0 Å². The molecule has 1 heterocycles. The predicted molar refractivity (Wildman–Crippen MR) is 109 cm³/mol. The standard InChI is InChI=1S/C24H38O2/c1-4-9-18(3)21-13-14-22(23(15-21)20-11-7-6-8-12-20)24-25-16-19(10-5-2)17-26-24/h13-15,18-20,24H,4-12,16-17H2,1-3H3. The first-order valence-corrected chi connectivity index (χ1v) is 11.1. The molecule has 0 radical (unpaired) electrons. The van der Waals surface area contributed by atoms with Crippen molar-refractivity contribution in [3.8, 4) is 0 Å². The molecule has 2 fully saturated rings. The zero-order valence-electron chi connectivity index (χ0n) is 17.1. The van der Waals surface area contributed by atoms with Gasteiger partial charge in [-0.2, -0.15) is 0 Å². The quantitative estimate of drug-likeness (QED) is 0.517. The molecule has 2 nitrogen and oxygen atoms in total. The first-order chi connectivity index (χ1) is 12.7. The van der Waals surface area contributed by atoms with Gasteiger partial charge in [0.05, 0.1) is 13.2 Å². The highest BCUT2D eigenvalue weighted by Gasteiger charge is 2.28. The van der Waals surface area contributed by atoms with Gasteiger partial charge in [-0.3, -0.25) is 0 Å². The summed E-state index contributed by atoms with van der Waals surface area (Å²) in [7, 11) is 0. The van der Waals surface area contributed by atoms with E-state index in [-0.39, 0.29) is 6.29 Å². The Bertz CT molecular complexity index is 539. The van der Waals surface area contributed by atoms with Crippen LogP contribution in [0.2, 0.25) is 0 Å². The van der Waals surface area contributed by atoms with E-state index in [0.29, 0.717) is 17.8 Å². The van der Waals surface area contributed by atoms with E-state index in [1.54, 1.807) is 0 Å². The second kappa shape index (κ2) is 9.90. The number of benzene rings is 1. The van der Waals surface area contributed by atoms with Gasteiger partial charge in [0.25, 0.3) is 0 Å². The van der Waals surface area contributed by atoms with Crippen molar-refractivity contribution in [3.63, 3.8) is 0 Å². The third-order valence-electron chi connectivity index (χ3n) is 6.36. The number of ether oxygens (including phenoxy) is 2. The Kier molecular flexibility index (Phi) is 7.57. The van der Waals surface area contributed by atoms with Gasteiger partial charge in [-0.15, -0.1) is 0 Å². The smallest absolute Gasteiger partial charge is 0.184 e. The van der Waals surface area contributed by atoms with Gasteiger partial charge in [0, 0.05) is 11.5 Å². The summed E-state index contributed by atoms with van der Waals surface area (Å²) in [5.74, 6) is 1.89. The summed E-state index contributed by atoms with van der Waals surface area (Å²) in [6.45, 7) is 8.58. The van der Waals surface area contributed by atoms with E-state index in [0.717, 1.165) is 13.2 Å². The molecule has 3 rings (SSSR count). The Balaban J connectivity index is 1.81. The molecule has 1 unspecified atom stereocenters. The molecule has 1 saturated carbocycles. The Morgan fingerprint density at radius 3 is 2.35 bits per heavy atom. The molecule has 2 aliphatic rings. The number of rotatable bonds is 7. The third kappa shape index (κ3) is 4.89. The fraction of sp³-hybridized carbons (Fsp3) is 0.750. The van der Waals surface area contributed by atoms with Gasteiger partial charge in [0.1, 0.15) is 0 Å². The summed E-state index contributed by atoms with van der Waals surface area (Å²) in [4.78, 5) is 0. The van der Waals surface area contributed by atoms with Crippen LogP contribution in [-0.4, -0.2) is 13.2 Å². The van der Waals surface area contributed by atoms with E-state index in [1.807, 2.05) is 0 Å². The number of hydrogen-bond donors (Lipinski definition) is 0. The summed E-state index contributed by atoms with van der Waals surface area (Å²) in [5.41, 5.74) is 4.32. The zero-order valence-corrected chi connectivity index (χ0v) is 17.1. The SMILES string of the molecule is CCCC1COC(c2ccc(C(C)CCC)cc2C2CCCCC2)OC1. The maximum absolute atomic E-state index is 6.19. The van der Waals surface area contributed by atoms with Crippen LogP contribution in [0.15, 0.2) is 18.2 Å². The second-order valence-corrected chi connectivity index (χ2v) is 8.57. The third-order valence-corrected chi connectivity index (χ3v) is 6.36. The van der Waals surface area contributed by atoms with Gasteiger partial charge >= 0.3 is 0 Å². The average Bonchev–Trinajstić information content (AvgIpc) is 2.69. The highest BCUT2D eigenvalue weighted by Crippen LogP contribution is 2.40. The molecule has 1 aromatic rings. The van der Waals surface area contributed by atoms with Crippen LogP contribution < -0.4 is 0 Å². The minimum atomic E-state index is -0.157. The largest absolute Gasteiger partial charge is 0.348 e. The minimum Gasteiger partial charge on any atom is -0.348 e. The molecular formula is C24H38O2. The molecule has 146 valence electrons. The molecule has 0 amide bonds. The lowest BCUT2D eigenvalue weighted by Crippen LogP contribution is -2.28. The summed E-state index contributed by atoms with van der Waals surface area (Å²) in [6.07, 6.45) is 11.5. The molecule has 2 heteroatoms. The molecule has 1 atom stereocenters. The fourth-order valence-corrected chi connectivity index (χ4v) is 4.78. The van der Waals surface area contributed by atoms with Gasteiger partial charge in [0.15, 0.2) is 6.29 Å². The topological polar surface area (TPSA) is 18.5 Å². The fourth-order valence-electron chi connectivity index (χ4n) is 4.78. The van der Waals surface area contributed by atoms with E-state index >= 15 is 0 Å². The summed E-state index contributed by atoms with van der Waals surface area (Å²) in [6, 6.07) is 7.14. The van der Waals surface area contributed by atoms with Crippen molar-refractivity contribution >= 4 is 0 Å². The normalized spacial score (nSPS) is 26.0. The van der Waals surface area contributed by atoms with Gasteiger partial charge in [0.2, 0.25) is 0 Å². The lowest BCUT2D eigenvalue weighted by atomic mass is 9.80. The molecule has 1 aliphatic heterocycles. The monoisotopic (exact) mass is 358 g/mol. The van der Waals surface area contributed by atoms with E-state index in [9.17, 15) is 0 Å². The van der Waals surface area contributed by atoms with E-state index in [4.69, 9.17) is 9.47 Å². The average molecular weight is 359 g/mol. The summed E-state index contributed by atoms with van der Waals surface area (Å²) < 4.78 is 12.4. The van der Waals surface area contributed by atoms with Gasteiger partial charge in [-0.25, -0.2) is 0 Å². The Hall–Kier alpha value is -0.860. The van der Waals surface area contributed by atoms with Crippen LogP contribution in [-0.2, 0) is 9.47 Å². The van der Waals surface area contributed by atoms with Crippen LogP contribution >= 0.6 is 0 Å². The molecule has 1 saturated heterocycles. The van der Waals surface area contributed by atoms with E-state index < -0.39 is 0 Å². The van der Waals surface area contributed by atoms with Crippen molar-refractivity contribution in [1.29, 1.82) is 0 Å². The molecule has 0 N–H and O–H groups in total. The number of hydrogen-bond acceptors (Lipinski definition) is 2. The molecule has 0 spiro atoms. The van der Waals surface area contributed by atoms with Crippen molar-refractivity contribution in [2.75, 3.05) is 13.2 Å². The van der Waals surface area contributed by atoms with Crippen molar-refractivity contribution in [3.05, 3.63) is 34.9 Å². The Morgan fingerprint density at radius 2 is 1.69 bits per heavy atom. The maximum atomic E-state index is 6.19. The first-order valence-electron chi connectivity index (χ1n) is 11.1. The van der Waals surface area contributed by atoms with Gasteiger partial charge < -0.3 is 9.47 Å². The Morgan fingerprint density at radius 1 is 0.962 bits per heavy atom. The Labute approximate surface area is 160 Å². The van der Waals surface area contributed by atoms with Crippen molar-refractivity contribution in [2.45, 2.75) is 96.7 Å². The van der Waals surface area contributed by atoms with E-state index in [1.165, 1.54) is 74.5 Å². The van der Waals surface area contributed by atoms with Crippen molar-refractivity contribution in [1.82, 2.24) is 0 Å². The zero-order chi connectivity index (χ0) is 18.4. The molecule has 0 bridgehead atoms. The predicted octanol–water partition coefficient (Wildman–Crippen LogP) is 7.10. The second-order valence-electron chi connectivity index (χ2n) is 8.57. The lowest BCUT2D eigenvalue weighted by molar-refractivity contribution is -0.206. The summed E-state index contributed by atoms with van der Waals surface area (Å²) >= 11 is 0. The van der Waals surface area contributed by atoms with Crippen LogP contribution in [0.5, 0.6) is 0 Å². The highest BCUT2D eigenvalue weighted by molar-refractivity contribution is 5.37.